The fraction of sp³-hybridized carbons (Fsp3) is 0.0769. The predicted octanol–water partition coefficient (Wildman–Crippen LogP) is 5.61. The summed E-state index contributed by atoms with van der Waals surface area (Å²) in [5.41, 5.74) is 4.58. The number of aliphatic carboxylic acids is 1. The van der Waals surface area contributed by atoms with Crippen molar-refractivity contribution in [2.45, 2.75) is 13.0 Å². The number of para-hydroxylation sites is 1. The summed E-state index contributed by atoms with van der Waals surface area (Å²) in [5, 5.41) is 10.2. The van der Waals surface area contributed by atoms with Gasteiger partial charge < -0.3 is 9.84 Å². The number of hydrogen-bond donors (Lipinski definition) is 1. The SMILES string of the molecule is O=C(O)Cc1ccccc1COc1ccc(/C=C/c2ccc3ccccc3n2)cc1. The van der Waals surface area contributed by atoms with Gasteiger partial charge in [0, 0.05) is 5.39 Å². The highest BCUT2D eigenvalue weighted by Gasteiger charge is 2.07. The second-order valence-electron chi connectivity index (χ2n) is 6.96. The molecular formula is C26H21NO3. The molecule has 3 aromatic carbocycles. The quantitative estimate of drug-likeness (QED) is 0.442. The van der Waals surface area contributed by atoms with Crippen LogP contribution >= 0.6 is 0 Å². The molecule has 0 saturated carbocycles. The largest absolute Gasteiger partial charge is 0.489 e. The van der Waals surface area contributed by atoms with Crippen molar-refractivity contribution >= 4 is 29.0 Å². The number of benzene rings is 3. The van der Waals surface area contributed by atoms with Crippen LogP contribution in [0.25, 0.3) is 23.1 Å². The summed E-state index contributed by atoms with van der Waals surface area (Å²) in [7, 11) is 0. The first-order valence-electron chi connectivity index (χ1n) is 9.73. The van der Waals surface area contributed by atoms with Gasteiger partial charge in [0.2, 0.25) is 0 Å². The van der Waals surface area contributed by atoms with Crippen LogP contribution in [0, 0.1) is 0 Å². The van der Waals surface area contributed by atoms with Crippen LogP contribution in [-0.2, 0) is 17.8 Å². The van der Waals surface area contributed by atoms with E-state index in [-0.39, 0.29) is 6.42 Å². The third-order valence-electron chi connectivity index (χ3n) is 4.80. The fourth-order valence-electron chi connectivity index (χ4n) is 3.23. The zero-order valence-corrected chi connectivity index (χ0v) is 16.4. The van der Waals surface area contributed by atoms with Crippen molar-refractivity contribution in [1.29, 1.82) is 0 Å². The Bertz CT molecular complexity index is 1200. The summed E-state index contributed by atoms with van der Waals surface area (Å²) < 4.78 is 5.85. The second-order valence-corrected chi connectivity index (χ2v) is 6.96. The number of fused-ring (bicyclic) bond motifs is 1. The Hall–Kier alpha value is -3.92. The Kier molecular flexibility index (Phi) is 5.85. The smallest absolute Gasteiger partial charge is 0.307 e. The van der Waals surface area contributed by atoms with E-state index < -0.39 is 5.97 Å². The summed E-state index contributed by atoms with van der Waals surface area (Å²) in [4.78, 5) is 15.7. The van der Waals surface area contributed by atoms with Crippen molar-refractivity contribution in [1.82, 2.24) is 4.98 Å². The van der Waals surface area contributed by atoms with Gasteiger partial charge in [0.1, 0.15) is 12.4 Å². The van der Waals surface area contributed by atoms with Crippen LogP contribution in [0.1, 0.15) is 22.4 Å². The molecule has 4 rings (SSSR count). The molecule has 0 aliphatic heterocycles. The summed E-state index contributed by atoms with van der Waals surface area (Å²) in [6, 6.07) is 27.4. The molecule has 0 saturated heterocycles. The Balaban J connectivity index is 1.40. The third-order valence-corrected chi connectivity index (χ3v) is 4.80. The highest BCUT2D eigenvalue weighted by molar-refractivity contribution is 5.80. The van der Waals surface area contributed by atoms with Crippen LogP contribution in [0.4, 0.5) is 0 Å². The number of nitrogens with zero attached hydrogens (tertiary/aromatic N) is 1. The first-order chi connectivity index (χ1) is 14.7. The summed E-state index contributed by atoms with van der Waals surface area (Å²) in [5.74, 6) is -0.111. The van der Waals surface area contributed by atoms with Crippen molar-refractivity contribution in [2.24, 2.45) is 0 Å². The van der Waals surface area contributed by atoms with Gasteiger partial charge in [-0.1, -0.05) is 66.7 Å². The Morgan fingerprint density at radius 3 is 2.37 bits per heavy atom. The number of hydrogen-bond acceptors (Lipinski definition) is 3. The zero-order chi connectivity index (χ0) is 20.8. The molecule has 4 aromatic rings. The molecule has 30 heavy (non-hydrogen) atoms. The van der Waals surface area contributed by atoms with Crippen molar-refractivity contribution < 1.29 is 14.6 Å². The molecular weight excluding hydrogens is 374 g/mol. The molecule has 0 unspecified atom stereocenters. The molecule has 1 N–H and O–H groups in total. The molecule has 0 fully saturated rings. The minimum atomic E-state index is -0.848. The summed E-state index contributed by atoms with van der Waals surface area (Å²) >= 11 is 0. The zero-order valence-electron chi connectivity index (χ0n) is 16.4. The van der Waals surface area contributed by atoms with Crippen LogP contribution in [-0.4, -0.2) is 16.1 Å². The van der Waals surface area contributed by atoms with E-state index in [9.17, 15) is 4.79 Å². The predicted molar refractivity (Wildman–Crippen MR) is 119 cm³/mol. The lowest BCUT2D eigenvalue weighted by Crippen LogP contribution is -2.05. The molecule has 148 valence electrons. The molecule has 0 bridgehead atoms. The topological polar surface area (TPSA) is 59.4 Å². The Labute approximate surface area is 175 Å². The average molecular weight is 395 g/mol. The van der Waals surface area contributed by atoms with Crippen molar-refractivity contribution in [3.8, 4) is 5.75 Å². The molecule has 4 nitrogen and oxygen atoms in total. The van der Waals surface area contributed by atoms with E-state index in [0.717, 1.165) is 39.0 Å². The van der Waals surface area contributed by atoms with E-state index in [1.807, 2.05) is 84.9 Å². The molecule has 0 amide bonds. The van der Waals surface area contributed by atoms with Gasteiger partial charge >= 0.3 is 5.97 Å². The van der Waals surface area contributed by atoms with E-state index in [0.29, 0.717) is 6.61 Å². The molecule has 1 aromatic heterocycles. The Morgan fingerprint density at radius 2 is 1.57 bits per heavy atom. The number of rotatable bonds is 7. The molecule has 0 atom stereocenters. The molecule has 0 spiro atoms. The van der Waals surface area contributed by atoms with Gasteiger partial charge in [0.25, 0.3) is 0 Å². The van der Waals surface area contributed by atoms with Gasteiger partial charge in [-0.2, -0.15) is 0 Å². The number of aromatic nitrogens is 1. The normalized spacial score (nSPS) is 11.1. The van der Waals surface area contributed by atoms with Crippen LogP contribution < -0.4 is 4.74 Å². The highest BCUT2D eigenvalue weighted by atomic mass is 16.5. The van der Waals surface area contributed by atoms with Crippen molar-refractivity contribution in [2.75, 3.05) is 0 Å². The molecule has 0 aliphatic carbocycles. The lowest BCUT2D eigenvalue weighted by atomic mass is 10.1. The fourth-order valence-corrected chi connectivity index (χ4v) is 3.23. The van der Waals surface area contributed by atoms with Crippen molar-refractivity contribution in [3.05, 3.63) is 107 Å². The lowest BCUT2D eigenvalue weighted by Gasteiger charge is -2.10. The van der Waals surface area contributed by atoms with Crippen LogP contribution in [0.5, 0.6) is 5.75 Å². The third kappa shape index (κ3) is 4.92. The molecule has 1 heterocycles. The monoisotopic (exact) mass is 395 g/mol. The van der Waals surface area contributed by atoms with E-state index in [1.165, 1.54) is 0 Å². The molecule has 0 aliphatic rings. The van der Waals surface area contributed by atoms with E-state index in [2.05, 4.69) is 17.1 Å². The number of carboxylic acids is 1. The number of carboxylic acid groups (broad SMARTS) is 1. The molecule has 4 heteroatoms. The maximum absolute atomic E-state index is 11.0. The van der Waals surface area contributed by atoms with Crippen LogP contribution in [0.15, 0.2) is 84.9 Å². The van der Waals surface area contributed by atoms with Crippen LogP contribution in [0.3, 0.4) is 0 Å². The lowest BCUT2D eigenvalue weighted by molar-refractivity contribution is -0.136. The highest BCUT2D eigenvalue weighted by Crippen LogP contribution is 2.18. The van der Waals surface area contributed by atoms with Gasteiger partial charge in [-0.15, -0.1) is 0 Å². The number of pyridine rings is 1. The van der Waals surface area contributed by atoms with Gasteiger partial charge in [0.15, 0.2) is 0 Å². The van der Waals surface area contributed by atoms with Gasteiger partial charge in [-0.3, -0.25) is 4.79 Å². The minimum absolute atomic E-state index is 0.00786. The number of carbonyl (C=O) groups is 1. The van der Waals surface area contributed by atoms with Crippen LogP contribution in [0.2, 0.25) is 0 Å². The first-order valence-corrected chi connectivity index (χ1v) is 9.73. The van der Waals surface area contributed by atoms with E-state index >= 15 is 0 Å². The van der Waals surface area contributed by atoms with Gasteiger partial charge in [-0.05, 0) is 47.0 Å². The second kappa shape index (κ2) is 9.05. The van der Waals surface area contributed by atoms with Crippen molar-refractivity contribution in [3.63, 3.8) is 0 Å². The molecule has 0 radical (unpaired) electrons. The Morgan fingerprint density at radius 1 is 0.833 bits per heavy atom. The maximum atomic E-state index is 11.0. The minimum Gasteiger partial charge on any atom is -0.489 e. The van der Waals surface area contributed by atoms with Gasteiger partial charge in [-0.25, -0.2) is 4.98 Å². The maximum Gasteiger partial charge on any atom is 0.307 e. The number of ether oxygens (including phenoxy) is 1. The standard InChI is InChI=1S/C26H21NO3/c28-26(29)17-21-6-1-2-7-22(21)18-30-24-15-10-19(11-16-24)9-13-23-14-12-20-5-3-4-8-25(20)27-23/h1-16H,17-18H2,(H,28,29)/b13-9+. The summed E-state index contributed by atoms with van der Waals surface area (Å²) in [6.07, 6.45) is 4.00. The first kappa shape index (κ1) is 19.4. The summed E-state index contributed by atoms with van der Waals surface area (Å²) in [6.45, 7) is 0.333. The van der Waals surface area contributed by atoms with E-state index in [4.69, 9.17) is 9.84 Å². The van der Waals surface area contributed by atoms with Gasteiger partial charge in [0.05, 0.1) is 17.6 Å². The van der Waals surface area contributed by atoms with E-state index in [1.54, 1.807) is 0 Å². The average Bonchev–Trinajstić information content (AvgIpc) is 2.77.